The van der Waals surface area contributed by atoms with Gasteiger partial charge < -0.3 is 10.3 Å². The molecule has 0 bridgehead atoms. The predicted molar refractivity (Wildman–Crippen MR) is 71.0 cm³/mol. The first-order chi connectivity index (χ1) is 8.76. The van der Waals surface area contributed by atoms with E-state index in [2.05, 4.69) is 28.8 Å². The lowest BCUT2D eigenvalue weighted by Crippen LogP contribution is -2.37. The van der Waals surface area contributed by atoms with Crippen LogP contribution in [0, 0.1) is 0 Å². The lowest BCUT2D eigenvalue weighted by molar-refractivity contribution is 0.202. The summed E-state index contributed by atoms with van der Waals surface area (Å²) in [7, 11) is 0. The van der Waals surface area contributed by atoms with Gasteiger partial charge in [0.25, 0.3) is 0 Å². The second-order valence-electron chi connectivity index (χ2n) is 4.89. The quantitative estimate of drug-likeness (QED) is 0.820. The molecule has 0 spiro atoms. The molecule has 0 amide bonds. The Hall–Kier alpha value is -0.910. The Kier molecular flexibility index (Phi) is 4.74. The third-order valence-electron chi connectivity index (χ3n) is 3.77. The lowest BCUT2D eigenvalue weighted by atomic mass is 10.2. The van der Waals surface area contributed by atoms with Gasteiger partial charge in [0.2, 0.25) is 0 Å². The third-order valence-corrected chi connectivity index (χ3v) is 3.77. The van der Waals surface area contributed by atoms with Crippen molar-refractivity contribution in [2.24, 2.45) is 5.73 Å². The van der Waals surface area contributed by atoms with Crippen molar-refractivity contribution < 1.29 is 4.52 Å². The molecule has 1 aliphatic rings. The molecule has 2 rings (SSSR count). The minimum absolute atomic E-state index is 0.450. The lowest BCUT2D eigenvalue weighted by Gasteiger charge is -2.26. The van der Waals surface area contributed by atoms with Gasteiger partial charge >= 0.3 is 0 Å². The van der Waals surface area contributed by atoms with Crippen LogP contribution in [0.3, 0.4) is 0 Å². The van der Waals surface area contributed by atoms with E-state index in [9.17, 15) is 0 Å². The van der Waals surface area contributed by atoms with Crippen LogP contribution in [0.5, 0.6) is 0 Å². The summed E-state index contributed by atoms with van der Waals surface area (Å²) < 4.78 is 5.28. The van der Waals surface area contributed by atoms with Crippen molar-refractivity contribution in [1.82, 2.24) is 15.0 Å². The van der Waals surface area contributed by atoms with E-state index in [4.69, 9.17) is 10.3 Å². The van der Waals surface area contributed by atoms with E-state index in [1.165, 1.54) is 6.42 Å². The third kappa shape index (κ3) is 3.10. The van der Waals surface area contributed by atoms with E-state index in [0.717, 1.165) is 44.2 Å². The zero-order valence-electron chi connectivity index (χ0n) is 11.4. The molecule has 1 aromatic rings. The van der Waals surface area contributed by atoms with Crippen molar-refractivity contribution in [3.63, 3.8) is 0 Å². The van der Waals surface area contributed by atoms with Crippen molar-refractivity contribution in [2.45, 2.75) is 39.4 Å². The Morgan fingerprint density at radius 3 is 2.89 bits per heavy atom. The van der Waals surface area contributed by atoms with Crippen molar-refractivity contribution in [1.29, 1.82) is 0 Å². The van der Waals surface area contributed by atoms with Crippen molar-refractivity contribution in [3.05, 3.63) is 17.5 Å². The monoisotopic (exact) mass is 252 g/mol. The van der Waals surface area contributed by atoms with Crippen LogP contribution in [-0.4, -0.2) is 47.2 Å². The van der Waals surface area contributed by atoms with Gasteiger partial charge in [-0.3, -0.25) is 9.80 Å². The first-order valence-corrected chi connectivity index (χ1v) is 6.87. The molecule has 1 fully saturated rings. The Morgan fingerprint density at radius 2 is 2.28 bits per heavy atom. The van der Waals surface area contributed by atoms with E-state index >= 15 is 0 Å². The van der Waals surface area contributed by atoms with Gasteiger partial charge in [-0.05, 0) is 19.5 Å². The molecule has 1 aliphatic heterocycles. The number of nitrogens with zero attached hydrogens (tertiary/aromatic N) is 3. The average molecular weight is 252 g/mol. The normalized spacial score (nSPS) is 21.0. The fraction of sp³-hybridized carbons (Fsp3) is 0.769. The summed E-state index contributed by atoms with van der Waals surface area (Å²) in [6, 6.07) is 2.65. The Balaban J connectivity index is 1.85. The van der Waals surface area contributed by atoms with E-state index in [1.54, 1.807) is 0 Å². The highest BCUT2D eigenvalue weighted by Gasteiger charge is 2.26. The molecule has 2 heterocycles. The van der Waals surface area contributed by atoms with Crippen molar-refractivity contribution >= 4 is 0 Å². The molecule has 1 unspecified atom stereocenters. The number of nitrogens with two attached hydrogens (primary N) is 1. The van der Waals surface area contributed by atoms with Gasteiger partial charge in [-0.25, -0.2) is 0 Å². The Labute approximate surface area is 109 Å². The smallest absolute Gasteiger partial charge is 0.151 e. The number of aromatic nitrogens is 1. The highest BCUT2D eigenvalue weighted by atomic mass is 16.5. The standard InChI is InChI=1S/C13H24N4O/c1-3-17(4-2)12-5-6-16(9-12)10-13-7-11(8-14)15-18-13/h7,12H,3-6,8-10,14H2,1-2H3. The van der Waals surface area contributed by atoms with Gasteiger partial charge in [0.05, 0.1) is 12.2 Å². The first kappa shape index (κ1) is 13.5. The maximum Gasteiger partial charge on any atom is 0.151 e. The summed E-state index contributed by atoms with van der Waals surface area (Å²) in [6.07, 6.45) is 1.25. The van der Waals surface area contributed by atoms with E-state index in [0.29, 0.717) is 12.6 Å². The van der Waals surface area contributed by atoms with Crippen LogP contribution < -0.4 is 5.73 Å². The highest BCUT2D eigenvalue weighted by Crippen LogP contribution is 2.18. The summed E-state index contributed by atoms with van der Waals surface area (Å²) in [5.41, 5.74) is 6.36. The molecule has 2 N–H and O–H groups in total. The molecule has 102 valence electrons. The van der Waals surface area contributed by atoms with Crippen LogP contribution in [0.1, 0.15) is 31.7 Å². The van der Waals surface area contributed by atoms with Gasteiger partial charge in [0, 0.05) is 31.7 Å². The van der Waals surface area contributed by atoms with Gasteiger partial charge in [-0.15, -0.1) is 0 Å². The molecule has 0 aromatic carbocycles. The Morgan fingerprint density at radius 1 is 1.50 bits per heavy atom. The molecule has 1 aromatic heterocycles. The minimum atomic E-state index is 0.450. The molecular weight excluding hydrogens is 228 g/mol. The average Bonchev–Trinajstić information content (AvgIpc) is 3.01. The van der Waals surface area contributed by atoms with E-state index in [1.807, 2.05) is 6.07 Å². The van der Waals surface area contributed by atoms with E-state index in [-0.39, 0.29) is 0 Å². The molecule has 1 atom stereocenters. The molecule has 0 saturated carbocycles. The number of rotatable bonds is 6. The van der Waals surface area contributed by atoms with Crippen LogP contribution in [0.15, 0.2) is 10.6 Å². The van der Waals surface area contributed by atoms with Crippen LogP contribution in [-0.2, 0) is 13.1 Å². The predicted octanol–water partition coefficient (Wildman–Crippen LogP) is 1.05. The number of likely N-dealkylation sites (N-methyl/N-ethyl adjacent to an activating group) is 1. The largest absolute Gasteiger partial charge is 0.360 e. The fourth-order valence-electron chi connectivity index (χ4n) is 2.74. The SMILES string of the molecule is CCN(CC)C1CCN(Cc2cc(CN)no2)C1. The van der Waals surface area contributed by atoms with Crippen LogP contribution in [0.4, 0.5) is 0 Å². The molecule has 5 heteroatoms. The topological polar surface area (TPSA) is 58.5 Å². The zero-order chi connectivity index (χ0) is 13.0. The zero-order valence-corrected chi connectivity index (χ0v) is 11.4. The number of hydrogen-bond donors (Lipinski definition) is 1. The van der Waals surface area contributed by atoms with Crippen molar-refractivity contribution in [2.75, 3.05) is 26.2 Å². The number of likely N-dealkylation sites (tertiary alicyclic amines) is 1. The summed E-state index contributed by atoms with van der Waals surface area (Å²) >= 11 is 0. The summed E-state index contributed by atoms with van der Waals surface area (Å²) in [5.74, 6) is 0.927. The van der Waals surface area contributed by atoms with Gasteiger partial charge in [0.15, 0.2) is 5.76 Å². The molecular formula is C13H24N4O. The second-order valence-corrected chi connectivity index (χ2v) is 4.89. The maximum absolute atomic E-state index is 5.53. The maximum atomic E-state index is 5.53. The van der Waals surface area contributed by atoms with E-state index < -0.39 is 0 Å². The van der Waals surface area contributed by atoms with Gasteiger partial charge in [0.1, 0.15) is 0 Å². The first-order valence-electron chi connectivity index (χ1n) is 6.87. The molecule has 0 aliphatic carbocycles. The molecule has 18 heavy (non-hydrogen) atoms. The number of hydrogen-bond acceptors (Lipinski definition) is 5. The minimum Gasteiger partial charge on any atom is -0.360 e. The van der Waals surface area contributed by atoms with Crippen LogP contribution in [0.2, 0.25) is 0 Å². The fourth-order valence-corrected chi connectivity index (χ4v) is 2.74. The highest BCUT2D eigenvalue weighted by molar-refractivity contribution is 5.05. The van der Waals surface area contributed by atoms with Crippen molar-refractivity contribution in [3.8, 4) is 0 Å². The van der Waals surface area contributed by atoms with Gasteiger partial charge in [-0.2, -0.15) is 0 Å². The summed E-state index contributed by atoms with van der Waals surface area (Å²) in [6.45, 7) is 10.3. The Bertz CT molecular complexity index is 362. The second kappa shape index (κ2) is 6.31. The summed E-state index contributed by atoms with van der Waals surface area (Å²) in [5, 5.41) is 3.93. The molecule has 1 saturated heterocycles. The van der Waals surface area contributed by atoms with Gasteiger partial charge in [-0.1, -0.05) is 19.0 Å². The van der Waals surface area contributed by atoms with Crippen LogP contribution >= 0.6 is 0 Å². The molecule has 5 nitrogen and oxygen atoms in total. The van der Waals surface area contributed by atoms with Crippen LogP contribution in [0.25, 0.3) is 0 Å². The summed E-state index contributed by atoms with van der Waals surface area (Å²) in [4.78, 5) is 4.97. The molecule has 0 radical (unpaired) electrons.